The minimum absolute atomic E-state index is 0.0161. The zero-order chi connectivity index (χ0) is 24.7. The Kier molecular flexibility index (Phi) is 5.84. The zero-order valence-electron chi connectivity index (χ0n) is 17.5. The van der Waals surface area contributed by atoms with E-state index in [1.54, 1.807) is 0 Å². The van der Waals surface area contributed by atoms with Crippen LogP contribution in [0.1, 0.15) is 34.8 Å². The number of amides is 2. The second-order valence-electron chi connectivity index (χ2n) is 7.95. The van der Waals surface area contributed by atoms with Crippen LogP contribution in [-0.2, 0) is 21.2 Å². The molecule has 10 heteroatoms. The Labute approximate surface area is 191 Å². The molecule has 0 radical (unpaired) electrons. The van der Waals surface area contributed by atoms with Gasteiger partial charge in [-0.25, -0.2) is 8.78 Å². The van der Waals surface area contributed by atoms with Crippen molar-refractivity contribution in [1.29, 1.82) is 0 Å². The molecule has 0 saturated carbocycles. The van der Waals surface area contributed by atoms with E-state index in [0.717, 1.165) is 12.3 Å². The third-order valence-corrected chi connectivity index (χ3v) is 6.00. The molecule has 1 aliphatic heterocycles. The van der Waals surface area contributed by atoms with E-state index >= 15 is 0 Å². The Morgan fingerprint density at radius 1 is 0.941 bits per heavy atom. The SMILES string of the molecule is NC(=O)C(c1ccc(C(F)(F)F)nc1)N1CCC(c2ccc(F)cc2)(c2ccc(F)cc2)C1=O. The van der Waals surface area contributed by atoms with Gasteiger partial charge in [-0.1, -0.05) is 30.3 Å². The molecule has 1 unspecified atom stereocenters. The number of benzene rings is 2. The molecular weight excluding hydrogens is 457 g/mol. The van der Waals surface area contributed by atoms with Crippen molar-refractivity contribution in [1.82, 2.24) is 9.88 Å². The van der Waals surface area contributed by atoms with Gasteiger partial charge in [0.15, 0.2) is 0 Å². The van der Waals surface area contributed by atoms with Crippen molar-refractivity contribution in [3.8, 4) is 0 Å². The molecule has 4 rings (SSSR count). The van der Waals surface area contributed by atoms with Crippen LogP contribution in [-0.4, -0.2) is 28.2 Å². The largest absolute Gasteiger partial charge is 0.433 e. The van der Waals surface area contributed by atoms with E-state index in [-0.39, 0.29) is 18.5 Å². The summed E-state index contributed by atoms with van der Waals surface area (Å²) in [7, 11) is 0. The van der Waals surface area contributed by atoms with Crippen molar-refractivity contribution in [3.63, 3.8) is 0 Å². The summed E-state index contributed by atoms with van der Waals surface area (Å²) in [6.45, 7) is 0.0161. The maximum atomic E-state index is 13.9. The maximum absolute atomic E-state index is 13.9. The Hall–Kier alpha value is -3.82. The van der Waals surface area contributed by atoms with E-state index in [1.165, 1.54) is 53.4 Å². The molecule has 34 heavy (non-hydrogen) atoms. The van der Waals surface area contributed by atoms with Crippen LogP contribution in [0.3, 0.4) is 0 Å². The molecule has 0 bridgehead atoms. The van der Waals surface area contributed by atoms with Crippen LogP contribution in [0.15, 0.2) is 66.9 Å². The quantitative estimate of drug-likeness (QED) is 0.564. The first-order valence-corrected chi connectivity index (χ1v) is 10.2. The molecule has 2 aromatic carbocycles. The summed E-state index contributed by atoms with van der Waals surface area (Å²) in [5, 5.41) is 0. The summed E-state index contributed by atoms with van der Waals surface area (Å²) in [6.07, 6.45) is -3.67. The minimum Gasteiger partial charge on any atom is -0.368 e. The van der Waals surface area contributed by atoms with Crippen LogP contribution in [0.4, 0.5) is 22.0 Å². The van der Waals surface area contributed by atoms with Crippen LogP contribution in [0.5, 0.6) is 0 Å². The van der Waals surface area contributed by atoms with Crippen molar-refractivity contribution < 1.29 is 31.5 Å². The van der Waals surface area contributed by atoms with E-state index in [1.807, 2.05) is 0 Å². The fourth-order valence-corrected chi connectivity index (χ4v) is 4.39. The number of hydrogen-bond donors (Lipinski definition) is 1. The van der Waals surface area contributed by atoms with Gasteiger partial charge >= 0.3 is 6.18 Å². The molecule has 2 amide bonds. The van der Waals surface area contributed by atoms with Crippen LogP contribution < -0.4 is 5.73 Å². The van der Waals surface area contributed by atoms with Crippen molar-refractivity contribution in [2.75, 3.05) is 6.54 Å². The highest BCUT2D eigenvalue weighted by Gasteiger charge is 2.52. The van der Waals surface area contributed by atoms with Crippen molar-refractivity contribution in [3.05, 3.63) is 101 Å². The average molecular weight is 475 g/mol. The molecule has 1 aliphatic rings. The van der Waals surface area contributed by atoms with E-state index in [9.17, 15) is 31.5 Å². The Balaban J connectivity index is 1.79. The molecule has 1 saturated heterocycles. The number of hydrogen-bond acceptors (Lipinski definition) is 3. The summed E-state index contributed by atoms with van der Waals surface area (Å²) in [5.74, 6) is -2.57. The predicted molar refractivity (Wildman–Crippen MR) is 111 cm³/mol. The first-order valence-electron chi connectivity index (χ1n) is 10.2. The van der Waals surface area contributed by atoms with Gasteiger partial charge in [0.2, 0.25) is 11.8 Å². The first-order chi connectivity index (χ1) is 16.0. The van der Waals surface area contributed by atoms with Gasteiger partial charge in [0.05, 0.1) is 0 Å². The molecule has 1 fully saturated rings. The number of alkyl halides is 3. The highest BCUT2D eigenvalue weighted by atomic mass is 19.4. The molecule has 1 atom stereocenters. The molecule has 176 valence electrons. The smallest absolute Gasteiger partial charge is 0.368 e. The lowest BCUT2D eigenvalue weighted by molar-refractivity contribution is -0.141. The molecule has 2 heterocycles. The Morgan fingerprint density at radius 2 is 1.47 bits per heavy atom. The average Bonchev–Trinajstić information content (AvgIpc) is 3.12. The standard InChI is InChI=1S/C24H18F5N3O2/c25-17-6-2-15(3-7-17)23(16-4-8-18(26)9-5-16)11-12-32(22(23)34)20(21(30)33)14-1-10-19(31-13-14)24(27,28)29/h1-10,13,20H,11-12H2,(H2,30,33). The molecular formula is C24H18F5N3O2. The number of likely N-dealkylation sites (tertiary alicyclic amines) is 1. The predicted octanol–water partition coefficient (Wildman–Crippen LogP) is 4.12. The highest BCUT2D eigenvalue weighted by Crippen LogP contribution is 2.44. The number of pyridine rings is 1. The van der Waals surface area contributed by atoms with Gasteiger partial charge in [0.25, 0.3) is 0 Å². The van der Waals surface area contributed by atoms with Crippen LogP contribution >= 0.6 is 0 Å². The van der Waals surface area contributed by atoms with Gasteiger partial charge in [-0.05, 0) is 47.9 Å². The fraction of sp³-hybridized carbons (Fsp3) is 0.208. The van der Waals surface area contributed by atoms with Gasteiger partial charge in [0.1, 0.15) is 28.8 Å². The Bertz CT molecular complexity index is 1160. The van der Waals surface area contributed by atoms with Crippen LogP contribution in [0, 0.1) is 11.6 Å². The minimum atomic E-state index is -4.68. The third kappa shape index (κ3) is 4.00. The summed E-state index contributed by atoms with van der Waals surface area (Å²) in [5.41, 5.74) is 3.88. The summed E-state index contributed by atoms with van der Waals surface area (Å²) in [4.78, 5) is 30.8. The Morgan fingerprint density at radius 3 is 1.88 bits per heavy atom. The number of carbonyl (C=O) groups is 2. The third-order valence-electron chi connectivity index (χ3n) is 6.00. The molecule has 5 nitrogen and oxygen atoms in total. The number of halogens is 5. The first kappa shape index (κ1) is 23.3. The van der Waals surface area contributed by atoms with Gasteiger partial charge in [0, 0.05) is 18.3 Å². The lowest BCUT2D eigenvalue weighted by Crippen LogP contribution is -2.44. The van der Waals surface area contributed by atoms with Gasteiger partial charge in [-0.2, -0.15) is 13.2 Å². The van der Waals surface area contributed by atoms with Crippen molar-refractivity contribution >= 4 is 11.8 Å². The summed E-state index contributed by atoms with van der Waals surface area (Å²) < 4.78 is 65.9. The van der Waals surface area contributed by atoms with E-state index in [0.29, 0.717) is 17.2 Å². The molecule has 0 aliphatic carbocycles. The molecule has 1 aromatic heterocycles. The number of carbonyl (C=O) groups excluding carboxylic acids is 2. The van der Waals surface area contributed by atoms with Gasteiger partial charge in [-0.3, -0.25) is 14.6 Å². The number of nitrogens with two attached hydrogens (primary N) is 1. The lowest BCUT2D eigenvalue weighted by Gasteiger charge is -2.31. The number of primary amides is 1. The second kappa shape index (κ2) is 8.51. The van der Waals surface area contributed by atoms with Crippen molar-refractivity contribution in [2.45, 2.75) is 24.1 Å². The summed E-state index contributed by atoms with van der Waals surface area (Å²) >= 11 is 0. The molecule has 3 aromatic rings. The zero-order valence-corrected chi connectivity index (χ0v) is 17.5. The van der Waals surface area contributed by atoms with Crippen molar-refractivity contribution in [2.24, 2.45) is 5.73 Å². The summed E-state index contributed by atoms with van der Waals surface area (Å²) in [6, 6.07) is 10.8. The van der Waals surface area contributed by atoms with Crippen LogP contribution in [0.25, 0.3) is 0 Å². The highest BCUT2D eigenvalue weighted by molar-refractivity contribution is 5.97. The number of nitrogens with zero attached hydrogens (tertiary/aromatic N) is 2. The second-order valence-corrected chi connectivity index (χ2v) is 7.95. The maximum Gasteiger partial charge on any atom is 0.433 e. The van der Waals surface area contributed by atoms with E-state index < -0.39 is 46.8 Å². The lowest BCUT2D eigenvalue weighted by atomic mass is 9.73. The van der Waals surface area contributed by atoms with Gasteiger partial charge in [-0.15, -0.1) is 0 Å². The molecule has 0 spiro atoms. The topological polar surface area (TPSA) is 76.3 Å². The van der Waals surface area contributed by atoms with Gasteiger partial charge < -0.3 is 10.6 Å². The fourth-order valence-electron chi connectivity index (χ4n) is 4.39. The van der Waals surface area contributed by atoms with E-state index in [4.69, 9.17) is 5.73 Å². The molecule has 2 N–H and O–H groups in total. The van der Waals surface area contributed by atoms with Crippen LogP contribution in [0.2, 0.25) is 0 Å². The normalized spacial score (nSPS) is 16.5. The number of rotatable bonds is 5. The number of aromatic nitrogens is 1. The van der Waals surface area contributed by atoms with E-state index in [2.05, 4.69) is 4.98 Å². The monoisotopic (exact) mass is 475 g/mol.